The second-order valence-corrected chi connectivity index (χ2v) is 8.00. The monoisotopic (exact) mass is 328 g/mol. The average molecular weight is 328 g/mol. The minimum absolute atomic E-state index is 0.438. The molecule has 0 unspecified atom stereocenters. The summed E-state index contributed by atoms with van der Waals surface area (Å²) in [6, 6.07) is 9.50. The number of hydrogen-bond donors (Lipinski definition) is 1. The van der Waals surface area contributed by atoms with Gasteiger partial charge < -0.3 is 14.8 Å². The van der Waals surface area contributed by atoms with E-state index in [0.717, 1.165) is 45.4 Å². The highest BCUT2D eigenvalue weighted by Gasteiger charge is 2.66. The smallest absolute Gasteiger partial charge is 0.0699 e. The fourth-order valence-electron chi connectivity index (χ4n) is 5.42. The Morgan fingerprint density at radius 2 is 1.96 bits per heavy atom. The van der Waals surface area contributed by atoms with Crippen LogP contribution in [-0.2, 0) is 16.0 Å². The van der Waals surface area contributed by atoms with Crippen LogP contribution in [0.3, 0.4) is 0 Å². The van der Waals surface area contributed by atoms with Gasteiger partial charge in [0.1, 0.15) is 0 Å². The van der Waals surface area contributed by atoms with Crippen LogP contribution in [0.5, 0.6) is 0 Å². The lowest BCUT2D eigenvalue weighted by molar-refractivity contribution is -0.158. The summed E-state index contributed by atoms with van der Waals surface area (Å²) in [5.74, 6) is 0.724. The fourth-order valence-corrected chi connectivity index (χ4v) is 5.42. The molecule has 2 aliphatic heterocycles. The Morgan fingerprint density at radius 1 is 1.12 bits per heavy atom. The van der Waals surface area contributed by atoms with E-state index in [9.17, 15) is 0 Å². The van der Waals surface area contributed by atoms with Crippen molar-refractivity contribution in [2.24, 2.45) is 11.3 Å². The number of ether oxygens (including phenoxy) is 2. The van der Waals surface area contributed by atoms with Gasteiger partial charge in [0.15, 0.2) is 0 Å². The van der Waals surface area contributed by atoms with Crippen LogP contribution in [0.4, 0.5) is 5.69 Å². The summed E-state index contributed by atoms with van der Waals surface area (Å²) >= 11 is 0. The molecule has 0 aromatic heterocycles. The lowest BCUT2D eigenvalue weighted by Crippen LogP contribution is -2.68. The molecule has 4 fully saturated rings. The molecule has 4 nitrogen and oxygen atoms in total. The molecule has 1 N–H and O–H groups in total. The van der Waals surface area contributed by atoms with E-state index in [2.05, 4.69) is 34.5 Å². The molecule has 2 saturated heterocycles. The summed E-state index contributed by atoms with van der Waals surface area (Å²) in [5.41, 5.74) is 3.20. The molecular formula is C20H28N2O2. The molecule has 5 rings (SSSR count). The SMILES string of the molecule is c1ccc(N[C@@H]2[C@@H]3CCO[C@@H]3C23CCC3)c(CN2CCOCC2)c1. The van der Waals surface area contributed by atoms with Crippen LogP contribution < -0.4 is 5.32 Å². The maximum atomic E-state index is 6.07. The fraction of sp³-hybridized carbons (Fsp3) is 0.700. The average Bonchev–Trinajstić information content (AvgIpc) is 2.99. The number of fused-ring (bicyclic) bond motifs is 2. The van der Waals surface area contributed by atoms with E-state index >= 15 is 0 Å². The predicted octanol–water partition coefficient (Wildman–Crippen LogP) is 2.89. The minimum Gasteiger partial charge on any atom is -0.381 e. The number of nitrogens with zero attached hydrogens (tertiary/aromatic N) is 1. The second-order valence-electron chi connectivity index (χ2n) is 8.00. The highest BCUT2D eigenvalue weighted by atomic mass is 16.5. The van der Waals surface area contributed by atoms with Crippen molar-refractivity contribution < 1.29 is 9.47 Å². The molecule has 1 aromatic carbocycles. The van der Waals surface area contributed by atoms with Gasteiger partial charge in [0.25, 0.3) is 0 Å². The molecule has 2 aliphatic carbocycles. The van der Waals surface area contributed by atoms with E-state index in [1.54, 1.807) is 0 Å². The first-order valence-corrected chi connectivity index (χ1v) is 9.63. The van der Waals surface area contributed by atoms with E-state index in [1.807, 2.05) is 0 Å². The molecule has 2 saturated carbocycles. The molecule has 3 atom stereocenters. The summed E-state index contributed by atoms with van der Waals surface area (Å²) in [4.78, 5) is 2.51. The van der Waals surface area contributed by atoms with E-state index in [0.29, 0.717) is 17.6 Å². The van der Waals surface area contributed by atoms with Gasteiger partial charge in [-0.2, -0.15) is 0 Å². The second kappa shape index (κ2) is 6.01. The quantitative estimate of drug-likeness (QED) is 0.921. The molecule has 1 aromatic rings. The van der Waals surface area contributed by atoms with Crippen molar-refractivity contribution in [3.63, 3.8) is 0 Å². The van der Waals surface area contributed by atoms with Crippen LogP contribution in [0.15, 0.2) is 24.3 Å². The van der Waals surface area contributed by atoms with Gasteiger partial charge in [-0.1, -0.05) is 24.6 Å². The molecule has 0 bridgehead atoms. The zero-order chi connectivity index (χ0) is 16.0. The van der Waals surface area contributed by atoms with Gasteiger partial charge in [-0.25, -0.2) is 0 Å². The minimum atomic E-state index is 0.438. The first-order chi connectivity index (χ1) is 11.9. The zero-order valence-electron chi connectivity index (χ0n) is 14.4. The van der Waals surface area contributed by atoms with Crippen LogP contribution >= 0.6 is 0 Å². The van der Waals surface area contributed by atoms with Gasteiger partial charge >= 0.3 is 0 Å². The third kappa shape index (κ3) is 2.31. The van der Waals surface area contributed by atoms with Crippen molar-refractivity contribution in [1.82, 2.24) is 4.90 Å². The molecule has 2 heterocycles. The largest absolute Gasteiger partial charge is 0.381 e. The van der Waals surface area contributed by atoms with Crippen LogP contribution in [0.2, 0.25) is 0 Å². The standard InChI is InChI=1S/C20H28N2O2/c1-2-5-17(15(4-1)14-22-9-12-23-13-10-22)21-18-16-6-11-24-19(16)20(18)7-3-8-20/h1-2,4-5,16,18-19,21H,3,6-14H2/t16-,18+,19-/m0/s1. The molecule has 1 spiro atoms. The first kappa shape index (κ1) is 15.2. The normalized spacial score (nSPS) is 34.4. The molecule has 130 valence electrons. The van der Waals surface area contributed by atoms with Gasteiger partial charge in [0, 0.05) is 49.3 Å². The molecule has 24 heavy (non-hydrogen) atoms. The topological polar surface area (TPSA) is 33.7 Å². The van der Waals surface area contributed by atoms with Crippen LogP contribution in [0.1, 0.15) is 31.2 Å². The summed E-state index contributed by atoms with van der Waals surface area (Å²) < 4.78 is 11.6. The third-order valence-electron chi connectivity index (χ3n) is 6.86. The van der Waals surface area contributed by atoms with Gasteiger partial charge in [0.2, 0.25) is 0 Å². The summed E-state index contributed by atoms with van der Waals surface area (Å²) in [5, 5.41) is 3.96. The Kier molecular flexibility index (Phi) is 3.80. The van der Waals surface area contributed by atoms with E-state index in [1.165, 1.54) is 36.9 Å². The Balaban J connectivity index is 1.33. The van der Waals surface area contributed by atoms with Crippen LogP contribution in [0.25, 0.3) is 0 Å². The van der Waals surface area contributed by atoms with Gasteiger partial charge in [-0.15, -0.1) is 0 Å². The number of para-hydroxylation sites is 1. The first-order valence-electron chi connectivity index (χ1n) is 9.63. The molecular weight excluding hydrogens is 300 g/mol. The number of morpholine rings is 1. The lowest BCUT2D eigenvalue weighted by Gasteiger charge is -2.63. The maximum Gasteiger partial charge on any atom is 0.0699 e. The van der Waals surface area contributed by atoms with E-state index in [4.69, 9.17) is 9.47 Å². The Morgan fingerprint density at radius 3 is 2.75 bits per heavy atom. The van der Waals surface area contributed by atoms with Gasteiger partial charge in [-0.3, -0.25) is 4.90 Å². The number of benzene rings is 1. The number of anilines is 1. The molecule has 4 heteroatoms. The summed E-state index contributed by atoms with van der Waals surface area (Å²) in [7, 11) is 0. The summed E-state index contributed by atoms with van der Waals surface area (Å²) in [6.45, 7) is 5.80. The lowest BCUT2D eigenvalue weighted by atomic mass is 9.46. The van der Waals surface area contributed by atoms with Crippen molar-refractivity contribution >= 4 is 5.69 Å². The molecule has 4 aliphatic rings. The number of nitrogens with one attached hydrogen (secondary N) is 1. The van der Waals surface area contributed by atoms with Crippen molar-refractivity contribution in [2.45, 2.75) is 44.4 Å². The Hall–Kier alpha value is -1.10. The highest BCUT2D eigenvalue weighted by molar-refractivity contribution is 5.53. The van der Waals surface area contributed by atoms with Gasteiger partial charge in [-0.05, 0) is 30.9 Å². The van der Waals surface area contributed by atoms with Crippen LogP contribution in [-0.4, -0.2) is 50.0 Å². The van der Waals surface area contributed by atoms with Crippen molar-refractivity contribution in [3.8, 4) is 0 Å². The van der Waals surface area contributed by atoms with Crippen molar-refractivity contribution in [2.75, 3.05) is 38.2 Å². The van der Waals surface area contributed by atoms with E-state index < -0.39 is 0 Å². The van der Waals surface area contributed by atoms with E-state index in [-0.39, 0.29) is 0 Å². The Bertz CT molecular complexity index is 595. The third-order valence-corrected chi connectivity index (χ3v) is 6.86. The van der Waals surface area contributed by atoms with Crippen LogP contribution in [0, 0.1) is 11.3 Å². The Labute approximate surface area is 144 Å². The van der Waals surface area contributed by atoms with Crippen molar-refractivity contribution in [3.05, 3.63) is 29.8 Å². The highest BCUT2D eigenvalue weighted by Crippen LogP contribution is 2.63. The summed E-state index contributed by atoms with van der Waals surface area (Å²) in [6.07, 6.45) is 5.83. The number of hydrogen-bond acceptors (Lipinski definition) is 4. The van der Waals surface area contributed by atoms with Gasteiger partial charge in [0.05, 0.1) is 19.3 Å². The molecule has 0 radical (unpaired) electrons. The number of rotatable bonds is 4. The maximum absolute atomic E-state index is 6.07. The molecule has 0 amide bonds. The zero-order valence-corrected chi connectivity index (χ0v) is 14.4. The predicted molar refractivity (Wildman–Crippen MR) is 94.1 cm³/mol. The van der Waals surface area contributed by atoms with Crippen molar-refractivity contribution in [1.29, 1.82) is 0 Å².